The van der Waals surface area contributed by atoms with Gasteiger partial charge in [-0.05, 0) is 18.1 Å². The number of aromatic nitrogens is 3. The van der Waals surface area contributed by atoms with E-state index >= 15 is 0 Å². The molecular weight excluding hydrogens is 309 g/mol. The third kappa shape index (κ3) is 4.02. The van der Waals surface area contributed by atoms with Gasteiger partial charge in [-0.2, -0.15) is 23.5 Å². The molecule has 0 radical (unpaired) electrons. The van der Waals surface area contributed by atoms with Crippen LogP contribution in [0.3, 0.4) is 0 Å². The van der Waals surface area contributed by atoms with Crippen molar-refractivity contribution in [1.29, 1.82) is 0 Å². The van der Waals surface area contributed by atoms with Crippen molar-refractivity contribution >= 4 is 10.0 Å². The summed E-state index contributed by atoms with van der Waals surface area (Å²) in [4.78, 5) is 0. The number of H-pyrrole nitrogens is 1. The Morgan fingerprint density at radius 3 is 2.67 bits per heavy atom. The van der Waals surface area contributed by atoms with Crippen molar-refractivity contribution in [1.82, 2.24) is 20.1 Å². The standard InChI is InChI=1S/C11H11F3N4O2S/c12-11(13,14)9-3-1-2-8(6-9)4-5-16-21(19,20)10-7-15-18-17-10/h1-3,6-7,16H,4-5H2,(H,15,17,18). The van der Waals surface area contributed by atoms with Gasteiger partial charge in [0.15, 0.2) is 0 Å². The van der Waals surface area contributed by atoms with Gasteiger partial charge < -0.3 is 0 Å². The first-order chi connectivity index (χ1) is 9.79. The van der Waals surface area contributed by atoms with Gasteiger partial charge in [-0.15, -0.1) is 5.10 Å². The maximum atomic E-state index is 12.5. The van der Waals surface area contributed by atoms with Crippen molar-refractivity contribution in [2.45, 2.75) is 17.6 Å². The van der Waals surface area contributed by atoms with Crippen LogP contribution >= 0.6 is 0 Å². The van der Waals surface area contributed by atoms with E-state index < -0.39 is 21.8 Å². The van der Waals surface area contributed by atoms with E-state index in [1.807, 2.05) is 0 Å². The Morgan fingerprint density at radius 2 is 2.05 bits per heavy atom. The van der Waals surface area contributed by atoms with Crippen molar-refractivity contribution in [3.05, 3.63) is 41.6 Å². The highest BCUT2D eigenvalue weighted by atomic mass is 32.2. The second kappa shape index (κ2) is 5.82. The van der Waals surface area contributed by atoms with E-state index in [4.69, 9.17) is 0 Å². The third-order valence-corrected chi connectivity index (χ3v) is 3.96. The van der Waals surface area contributed by atoms with Gasteiger partial charge in [-0.25, -0.2) is 13.1 Å². The van der Waals surface area contributed by atoms with Crippen LogP contribution in [0, 0.1) is 0 Å². The maximum absolute atomic E-state index is 12.5. The number of benzene rings is 1. The van der Waals surface area contributed by atoms with Crippen molar-refractivity contribution in [3.63, 3.8) is 0 Å². The number of hydrogen-bond donors (Lipinski definition) is 2. The zero-order chi connectivity index (χ0) is 15.5. The minimum absolute atomic E-state index is 0.0451. The van der Waals surface area contributed by atoms with Gasteiger partial charge in [-0.3, -0.25) is 0 Å². The molecule has 6 nitrogen and oxygen atoms in total. The highest BCUT2D eigenvalue weighted by Crippen LogP contribution is 2.29. The van der Waals surface area contributed by atoms with Gasteiger partial charge in [0.1, 0.15) is 0 Å². The van der Waals surface area contributed by atoms with Crippen LogP contribution in [0.25, 0.3) is 0 Å². The lowest BCUT2D eigenvalue weighted by Crippen LogP contribution is -2.26. The van der Waals surface area contributed by atoms with Crippen molar-refractivity contribution in [3.8, 4) is 0 Å². The summed E-state index contributed by atoms with van der Waals surface area (Å²) in [6.07, 6.45) is -3.26. The molecule has 10 heteroatoms. The SMILES string of the molecule is O=S(=O)(NCCc1cccc(C(F)(F)F)c1)c1cn[nH]n1. The van der Waals surface area contributed by atoms with E-state index in [0.717, 1.165) is 18.3 Å². The van der Waals surface area contributed by atoms with Gasteiger partial charge in [-0.1, -0.05) is 18.2 Å². The van der Waals surface area contributed by atoms with Crippen LogP contribution in [-0.2, 0) is 22.6 Å². The van der Waals surface area contributed by atoms with Crippen LogP contribution in [-0.4, -0.2) is 30.4 Å². The van der Waals surface area contributed by atoms with Gasteiger partial charge >= 0.3 is 6.18 Å². The Labute approximate surface area is 118 Å². The monoisotopic (exact) mass is 320 g/mol. The van der Waals surface area contributed by atoms with Crippen LogP contribution in [0.4, 0.5) is 13.2 Å². The molecule has 1 aromatic carbocycles. The highest BCUT2D eigenvalue weighted by Gasteiger charge is 2.30. The molecule has 0 aliphatic heterocycles. The number of halogens is 3. The molecule has 0 amide bonds. The van der Waals surface area contributed by atoms with Crippen LogP contribution in [0.15, 0.2) is 35.5 Å². The Bertz CT molecular complexity index is 699. The topological polar surface area (TPSA) is 87.7 Å². The molecule has 2 N–H and O–H groups in total. The molecule has 0 saturated heterocycles. The zero-order valence-electron chi connectivity index (χ0n) is 10.6. The van der Waals surface area contributed by atoms with Gasteiger partial charge in [0.25, 0.3) is 10.0 Å². The summed E-state index contributed by atoms with van der Waals surface area (Å²) in [6.45, 7) is -0.0451. The average molecular weight is 320 g/mol. The van der Waals surface area contributed by atoms with Gasteiger partial charge in [0.05, 0.1) is 11.8 Å². The minimum atomic E-state index is -4.42. The second-order valence-corrected chi connectivity index (χ2v) is 5.87. The molecule has 0 spiro atoms. The van der Waals surface area contributed by atoms with E-state index in [1.54, 1.807) is 0 Å². The maximum Gasteiger partial charge on any atom is 0.416 e. The first-order valence-electron chi connectivity index (χ1n) is 5.80. The molecule has 0 aliphatic carbocycles. The molecule has 0 saturated carbocycles. The predicted molar refractivity (Wildman–Crippen MR) is 66.7 cm³/mol. The summed E-state index contributed by atoms with van der Waals surface area (Å²) in [5.41, 5.74) is -0.382. The number of rotatable bonds is 5. The number of sulfonamides is 1. The normalized spacial score (nSPS) is 12.5. The van der Waals surface area contributed by atoms with Crippen LogP contribution in [0.2, 0.25) is 0 Å². The Hall–Kier alpha value is -1.94. The number of hydrogen-bond acceptors (Lipinski definition) is 4. The summed E-state index contributed by atoms with van der Waals surface area (Å²) in [6, 6.07) is 4.73. The van der Waals surface area contributed by atoms with Crippen molar-refractivity contribution in [2.24, 2.45) is 0 Å². The summed E-state index contributed by atoms with van der Waals surface area (Å²) in [7, 11) is -3.80. The predicted octanol–water partition coefficient (Wildman–Crippen LogP) is 1.34. The van der Waals surface area contributed by atoms with Crippen LogP contribution < -0.4 is 4.72 Å². The summed E-state index contributed by atoms with van der Waals surface area (Å²) < 4.78 is 63.2. The van der Waals surface area contributed by atoms with E-state index in [0.29, 0.717) is 5.56 Å². The number of nitrogens with one attached hydrogen (secondary N) is 2. The number of nitrogens with zero attached hydrogens (tertiary/aromatic N) is 2. The Kier molecular flexibility index (Phi) is 4.28. The highest BCUT2D eigenvalue weighted by molar-refractivity contribution is 7.89. The summed E-state index contributed by atoms with van der Waals surface area (Å²) in [5, 5.41) is 8.69. The molecule has 0 aliphatic rings. The molecule has 2 aromatic rings. The van der Waals surface area contributed by atoms with Crippen LogP contribution in [0.5, 0.6) is 0 Å². The molecule has 0 bridgehead atoms. The lowest BCUT2D eigenvalue weighted by atomic mass is 10.1. The molecule has 0 atom stereocenters. The molecule has 1 heterocycles. The smallest absolute Gasteiger partial charge is 0.209 e. The quantitative estimate of drug-likeness (QED) is 0.870. The van der Waals surface area contributed by atoms with E-state index in [9.17, 15) is 21.6 Å². The van der Waals surface area contributed by atoms with Gasteiger partial charge in [0, 0.05) is 6.54 Å². The number of alkyl halides is 3. The fraction of sp³-hybridized carbons (Fsp3) is 0.273. The van der Waals surface area contributed by atoms with Crippen LogP contribution in [0.1, 0.15) is 11.1 Å². The number of aromatic amines is 1. The summed E-state index contributed by atoms with van der Waals surface area (Å²) >= 11 is 0. The van der Waals surface area contributed by atoms with Crippen molar-refractivity contribution in [2.75, 3.05) is 6.54 Å². The lowest BCUT2D eigenvalue weighted by Gasteiger charge is -2.09. The molecule has 21 heavy (non-hydrogen) atoms. The Morgan fingerprint density at radius 1 is 1.29 bits per heavy atom. The first kappa shape index (κ1) is 15.4. The summed E-state index contributed by atoms with van der Waals surface area (Å²) in [5.74, 6) is 0. The molecular formula is C11H11F3N4O2S. The average Bonchev–Trinajstić information content (AvgIpc) is 2.92. The van der Waals surface area contributed by atoms with E-state index in [2.05, 4.69) is 20.1 Å². The first-order valence-corrected chi connectivity index (χ1v) is 7.29. The van der Waals surface area contributed by atoms with E-state index in [-0.39, 0.29) is 18.0 Å². The van der Waals surface area contributed by atoms with E-state index in [1.165, 1.54) is 12.1 Å². The molecule has 114 valence electrons. The molecule has 0 unspecified atom stereocenters. The molecule has 0 fully saturated rings. The largest absolute Gasteiger partial charge is 0.416 e. The fourth-order valence-electron chi connectivity index (χ4n) is 1.63. The van der Waals surface area contributed by atoms with Gasteiger partial charge in [0.2, 0.25) is 5.03 Å². The molecule has 2 rings (SSSR count). The fourth-order valence-corrected chi connectivity index (χ4v) is 2.50. The minimum Gasteiger partial charge on any atom is -0.209 e. The second-order valence-electron chi connectivity index (χ2n) is 4.15. The van der Waals surface area contributed by atoms with Crippen molar-refractivity contribution < 1.29 is 21.6 Å². The third-order valence-electron chi connectivity index (χ3n) is 2.63. The zero-order valence-corrected chi connectivity index (χ0v) is 11.4. The Balaban J connectivity index is 1.98. The molecule has 1 aromatic heterocycles. The lowest BCUT2D eigenvalue weighted by molar-refractivity contribution is -0.137.